The molecule has 0 aromatic heterocycles. The number of benzene rings is 3. The highest BCUT2D eigenvalue weighted by molar-refractivity contribution is 7.89. The Morgan fingerprint density at radius 2 is 1.59 bits per heavy atom. The van der Waals surface area contributed by atoms with Crippen molar-refractivity contribution in [2.24, 2.45) is 0 Å². The second-order valence-electron chi connectivity index (χ2n) is 6.16. The van der Waals surface area contributed by atoms with Crippen LogP contribution in [0, 0.1) is 0 Å². The molecule has 3 rings (SSSR count). The van der Waals surface area contributed by atoms with Gasteiger partial charge in [0.1, 0.15) is 0 Å². The summed E-state index contributed by atoms with van der Waals surface area (Å²) in [5.41, 5.74) is 2.54. The van der Waals surface area contributed by atoms with Crippen LogP contribution in [0.5, 0.6) is 0 Å². The van der Waals surface area contributed by atoms with Crippen LogP contribution in [0.3, 0.4) is 0 Å². The maximum Gasteiger partial charge on any atom is 0.338 e. The Kier molecular flexibility index (Phi) is 6.59. The van der Waals surface area contributed by atoms with Crippen LogP contribution in [0.4, 0.5) is 0 Å². The molecule has 0 fully saturated rings. The number of hydrogen-bond acceptors (Lipinski definition) is 4. The molecule has 0 atom stereocenters. The maximum atomic E-state index is 12.7. The van der Waals surface area contributed by atoms with E-state index >= 15 is 0 Å². The van der Waals surface area contributed by atoms with Gasteiger partial charge >= 0.3 is 5.97 Å². The fraction of sp³-hybridized carbons (Fsp3) is 0.0952. The van der Waals surface area contributed by atoms with Gasteiger partial charge in [-0.2, -0.15) is 0 Å². The molecule has 0 saturated heterocycles. The van der Waals surface area contributed by atoms with Crippen LogP contribution in [0.1, 0.15) is 15.9 Å². The smallest absolute Gasteiger partial charge is 0.338 e. The van der Waals surface area contributed by atoms with Gasteiger partial charge in [0, 0.05) is 16.6 Å². The van der Waals surface area contributed by atoms with Gasteiger partial charge in [0.15, 0.2) is 0 Å². The minimum atomic E-state index is -3.90. The molecule has 5 nitrogen and oxygen atoms in total. The number of nitrogens with one attached hydrogen (secondary N) is 1. The highest BCUT2D eigenvalue weighted by atomic mass is 35.5. The normalized spacial score (nSPS) is 11.3. The number of methoxy groups -OCH3 is 1. The molecule has 0 unspecified atom stereocenters. The number of rotatable bonds is 6. The molecule has 29 heavy (non-hydrogen) atoms. The SMILES string of the molecule is COC(=O)c1ccc(-c2ccccc2)cc1CNS(=O)(=O)c1cc(Cl)cc(Cl)c1. The Morgan fingerprint density at radius 3 is 2.21 bits per heavy atom. The van der Waals surface area contributed by atoms with Crippen LogP contribution in [0.15, 0.2) is 71.6 Å². The van der Waals surface area contributed by atoms with E-state index < -0.39 is 16.0 Å². The standard InChI is InChI=1S/C21H17Cl2NO4S/c1-28-21(25)20-8-7-15(14-5-3-2-4-6-14)9-16(20)13-24-29(26,27)19-11-17(22)10-18(23)12-19/h2-12,24H,13H2,1H3. The van der Waals surface area contributed by atoms with E-state index in [2.05, 4.69) is 4.72 Å². The Morgan fingerprint density at radius 1 is 0.931 bits per heavy atom. The van der Waals surface area contributed by atoms with Gasteiger partial charge in [-0.3, -0.25) is 0 Å². The number of carbonyl (C=O) groups is 1. The molecule has 1 N–H and O–H groups in total. The van der Waals surface area contributed by atoms with E-state index in [0.717, 1.165) is 11.1 Å². The molecule has 0 aliphatic rings. The topological polar surface area (TPSA) is 72.5 Å². The molecule has 0 saturated carbocycles. The summed E-state index contributed by atoms with van der Waals surface area (Å²) in [7, 11) is -2.63. The second kappa shape index (κ2) is 8.97. The van der Waals surface area contributed by atoms with E-state index in [0.29, 0.717) is 5.56 Å². The Hall–Kier alpha value is -2.38. The third-order valence-electron chi connectivity index (χ3n) is 4.22. The first-order valence-corrected chi connectivity index (χ1v) is 10.8. The van der Waals surface area contributed by atoms with E-state index in [1.54, 1.807) is 18.2 Å². The van der Waals surface area contributed by atoms with Crippen molar-refractivity contribution < 1.29 is 17.9 Å². The lowest BCUT2D eigenvalue weighted by Gasteiger charge is -2.13. The summed E-state index contributed by atoms with van der Waals surface area (Å²) in [5, 5.41) is 0.415. The molecule has 3 aromatic carbocycles. The molecule has 150 valence electrons. The third-order valence-corrected chi connectivity index (χ3v) is 6.03. The monoisotopic (exact) mass is 449 g/mol. The van der Waals surface area contributed by atoms with Crippen molar-refractivity contribution in [1.29, 1.82) is 0 Å². The number of ether oxygens (including phenoxy) is 1. The summed E-state index contributed by atoms with van der Waals surface area (Å²) in [4.78, 5) is 12.1. The van der Waals surface area contributed by atoms with Gasteiger partial charge in [0.2, 0.25) is 10.0 Å². The van der Waals surface area contributed by atoms with Gasteiger partial charge in [0.25, 0.3) is 0 Å². The van der Waals surface area contributed by atoms with E-state index in [1.165, 1.54) is 25.3 Å². The second-order valence-corrected chi connectivity index (χ2v) is 8.80. The predicted molar refractivity (Wildman–Crippen MR) is 114 cm³/mol. The predicted octanol–water partition coefficient (Wildman–Crippen LogP) is 4.93. The van der Waals surface area contributed by atoms with Gasteiger partial charge < -0.3 is 4.74 Å². The molecular weight excluding hydrogens is 433 g/mol. The average molecular weight is 450 g/mol. The Bertz CT molecular complexity index is 1130. The number of carbonyl (C=O) groups excluding carboxylic acids is 1. The molecule has 0 spiro atoms. The molecule has 0 bridgehead atoms. The lowest BCUT2D eigenvalue weighted by Crippen LogP contribution is -2.24. The number of hydrogen-bond donors (Lipinski definition) is 1. The summed E-state index contributed by atoms with van der Waals surface area (Å²) in [5.74, 6) is -0.551. The van der Waals surface area contributed by atoms with Gasteiger partial charge in [-0.15, -0.1) is 0 Å². The summed E-state index contributed by atoms with van der Waals surface area (Å²) in [6.45, 7) is -0.114. The number of sulfonamides is 1. The zero-order valence-corrected chi connectivity index (χ0v) is 17.7. The van der Waals surface area contributed by atoms with Crippen LogP contribution in [-0.2, 0) is 21.3 Å². The Labute approximate surface area is 179 Å². The number of halogens is 2. The van der Waals surface area contributed by atoms with Crippen LogP contribution in [0.25, 0.3) is 11.1 Å². The molecule has 0 aliphatic heterocycles. The zero-order valence-electron chi connectivity index (χ0n) is 15.4. The molecule has 0 aliphatic carbocycles. The summed E-state index contributed by atoms with van der Waals surface area (Å²) in [6.07, 6.45) is 0. The average Bonchev–Trinajstić information content (AvgIpc) is 2.71. The molecule has 3 aromatic rings. The summed E-state index contributed by atoms with van der Waals surface area (Å²) >= 11 is 11.8. The van der Waals surface area contributed by atoms with E-state index in [4.69, 9.17) is 27.9 Å². The molecule has 0 heterocycles. The van der Waals surface area contributed by atoms with Crippen molar-refractivity contribution in [2.45, 2.75) is 11.4 Å². The lowest BCUT2D eigenvalue weighted by atomic mass is 9.99. The van der Waals surface area contributed by atoms with Crippen LogP contribution >= 0.6 is 23.2 Å². The van der Waals surface area contributed by atoms with Crippen molar-refractivity contribution >= 4 is 39.2 Å². The van der Waals surface area contributed by atoms with Crippen molar-refractivity contribution in [1.82, 2.24) is 4.72 Å². The summed E-state index contributed by atoms with van der Waals surface area (Å²) < 4.78 is 32.7. The quantitative estimate of drug-likeness (QED) is 0.541. The van der Waals surface area contributed by atoms with Crippen molar-refractivity contribution in [3.05, 3.63) is 87.9 Å². The third kappa shape index (κ3) is 5.16. The fourth-order valence-electron chi connectivity index (χ4n) is 2.80. The fourth-order valence-corrected chi connectivity index (χ4v) is 4.53. The first-order chi connectivity index (χ1) is 13.8. The summed E-state index contributed by atoms with van der Waals surface area (Å²) in [6, 6.07) is 18.8. The van der Waals surface area contributed by atoms with Crippen LogP contribution < -0.4 is 4.72 Å². The van der Waals surface area contributed by atoms with Crippen molar-refractivity contribution in [3.8, 4) is 11.1 Å². The first-order valence-electron chi connectivity index (χ1n) is 8.52. The van der Waals surface area contributed by atoms with Gasteiger partial charge in [0.05, 0.1) is 17.6 Å². The van der Waals surface area contributed by atoms with Gasteiger partial charge in [-0.1, -0.05) is 59.6 Å². The zero-order chi connectivity index (χ0) is 21.0. The van der Waals surface area contributed by atoms with E-state index in [9.17, 15) is 13.2 Å². The largest absolute Gasteiger partial charge is 0.465 e. The van der Waals surface area contributed by atoms with E-state index in [1.807, 2.05) is 30.3 Å². The van der Waals surface area contributed by atoms with Crippen molar-refractivity contribution in [2.75, 3.05) is 7.11 Å². The van der Waals surface area contributed by atoms with Crippen LogP contribution in [-0.4, -0.2) is 21.5 Å². The molecular formula is C21H17Cl2NO4S. The van der Waals surface area contributed by atoms with E-state index in [-0.39, 0.29) is 27.0 Å². The highest BCUT2D eigenvalue weighted by Gasteiger charge is 2.19. The van der Waals surface area contributed by atoms with Gasteiger partial charge in [-0.25, -0.2) is 17.9 Å². The maximum absolute atomic E-state index is 12.7. The Balaban J connectivity index is 1.95. The first kappa shape index (κ1) is 21.3. The van der Waals surface area contributed by atoms with Crippen molar-refractivity contribution in [3.63, 3.8) is 0 Å². The molecule has 0 radical (unpaired) electrons. The highest BCUT2D eigenvalue weighted by Crippen LogP contribution is 2.25. The molecule has 0 amide bonds. The number of esters is 1. The minimum absolute atomic E-state index is 0.0613. The van der Waals surface area contributed by atoms with Crippen LogP contribution in [0.2, 0.25) is 10.0 Å². The molecule has 8 heteroatoms. The van der Waals surface area contributed by atoms with Gasteiger partial charge in [-0.05, 0) is 47.0 Å². The minimum Gasteiger partial charge on any atom is -0.465 e. The lowest BCUT2D eigenvalue weighted by molar-refractivity contribution is 0.0599.